The second-order valence-electron chi connectivity index (χ2n) is 4.22. The van der Waals surface area contributed by atoms with Crippen LogP contribution in [0.5, 0.6) is 5.75 Å². The Morgan fingerprint density at radius 3 is 2.90 bits per heavy atom. The van der Waals surface area contributed by atoms with Gasteiger partial charge in [0.25, 0.3) is 5.56 Å². The van der Waals surface area contributed by atoms with Crippen LogP contribution in [0.4, 0.5) is 0 Å². The first-order valence-electron chi connectivity index (χ1n) is 6.49. The molecule has 0 saturated carbocycles. The quantitative estimate of drug-likeness (QED) is 0.541. The molecule has 3 N–H and O–H groups in total. The number of aromatic nitrogens is 2. The van der Waals surface area contributed by atoms with Crippen molar-refractivity contribution >= 4 is 12.1 Å². The van der Waals surface area contributed by atoms with Gasteiger partial charge in [0.05, 0.1) is 19.2 Å². The van der Waals surface area contributed by atoms with E-state index in [2.05, 4.69) is 20.7 Å². The smallest absolute Gasteiger partial charge is 0.264 e. The normalized spacial score (nSPS) is 10.7. The Morgan fingerprint density at radius 1 is 1.38 bits per heavy atom. The van der Waals surface area contributed by atoms with Gasteiger partial charge in [-0.1, -0.05) is 12.1 Å². The standard InChI is InChI=1S/C14H16N4O3/c1-2-21-12-6-4-3-5-10(12)9-15-17-13(19)7-11-8-14(20)18-16-11/h3-6,8-9H,2,7H2,1H3,(H,17,19)(H2,16,18,20)/b15-9-. The number of nitrogens with zero attached hydrogens (tertiary/aromatic N) is 1. The molecule has 7 heteroatoms. The first-order valence-corrected chi connectivity index (χ1v) is 6.49. The summed E-state index contributed by atoms with van der Waals surface area (Å²) < 4.78 is 5.45. The third-order valence-corrected chi connectivity index (χ3v) is 2.61. The number of aromatic amines is 2. The van der Waals surface area contributed by atoms with E-state index in [-0.39, 0.29) is 17.9 Å². The topological polar surface area (TPSA) is 99.3 Å². The summed E-state index contributed by atoms with van der Waals surface area (Å²) in [5.74, 6) is 0.378. The summed E-state index contributed by atoms with van der Waals surface area (Å²) in [4.78, 5) is 22.5. The molecule has 0 fully saturated rings. The predicted octanol–water partition coefficient (Wildman–Crippen LogP) is 0.794. The first-order chi connectivity index (χ1) is 10.2. The summed E-state index contributed by atoms with van der Waals surface area (Å²) in [5.41, 5.74) is 3.40. The number of rotatable bonds is 6. The van der Waals surface area contributed by atoms with Crippen molar-refractivity contribution in [1.82, 2.24) is 15.6 Å². The molecular weight excluding hydrogens is 272 g/mol. The average molecular weight is 288 g/mol. The van der Waals surface area contributed by atoms with Crippen molar-refractivity contribution in [2.75, 3.05) is 6.61 Å². The predicted molar refractivity (Wildman–Crippen MR) is 78.5 cm³/mol. The van der Waals surface area contributed by atoms with Gasteiger partial charge in [-0.05, 0) is 19.1 Å². The maximum atomic E-state index is 11.6. The van der Waals surface area contributed by atoms with E-state index in [1.54, 1.807) is 0 Å². The lowest BCUT2D eigenvalue weighted by molar-refractivity contribution is -0.120. The highest BCUT2D eigenvalue weighted by molar-refractivity contribution is 5.85. The molecule has 0 aliphatic heterocycles. The Hall–Kier alpha value is -2.83. The van der Waals surface area contributed by atoms with Gasteiger partial charge in [0.1, 0.15) is 5.75 Å². The minimum absolute atomic E-state index is 0.0448. The van der Waals surface area contributed by atoms with Crippen molar-refractivity contribution < 1.29 is 9.53 Å². The maximum absolute atomic E-state index is 11.6. The molecule has 1 aromatic heterocycles. The van der Waals surface area contributed by atoms with Gasteiger partial charge in [0, 0.05) is 17.3 Å². The fraction of sp³-hybridized carbons (Fsp3) is 0.214. The molecule has 2 aromatic rings. The van der Waals surface area contributed by atoms with Crippen molar-refractivity contribution in [2.24, 2.45) is 5.10 Å². The lowest BCUT2D eigenvalue weighted by atomic mass is 10.2. The van der Waals surface area contributed by atoms with Gasteiger partial charge in [-0.25, -0.2) is 5.43 Å². The largest absolute Gasteiger partial charge is 0.493 e. The highest BCUT2D eigenvalue weighted by Crippen LogP contribution is 2.15. The molecule has 21 heavy (non-hydrogen) atoms. The van der Waals surface area contributed by atoms with Crippen LogP contribution in [0.15, 0.2) is 40.2 Å². The monoisotopic (exact) mass is 288 g/mol. The van der Waals surface area contributed by atoms with Crippen LogP contribution in [0.3, 0.4) is 0 Å². The second kappa shape index (κ2) is 7.09. The number of hydrogen-bond acceptors (Lipinski definition) is 4. The zero-order valence-corrected chi connectivity index (χ0v) is 11.6. The van der Waals surface area contributed by atoms with Crippen LogP contribution in [0, 0.1) is 0 Å². The maximum Gasteiger partial charge on any atom is 0.264 e. The average Bonchev–Trinajstić information content (AvgIpc) is 2.86. The Morgan fingerprint density at radius 2 is 2.19 bits per heavy atom. The number of carbonyl (C=O) groups excluding carboxylic acids is 1. The Balaban J connectivity index is 1.93. The molecule has 110 valence electrons. The summed E-state index contributed by atoms with van der Waals surface area (Å²) in [7, 11) is 0. The molecule has 1 heterocycles. The lowest BCUT2D eigenvalue weighted by Gasteiger charge is -2.05. The number of para-hydroxylation sites is 1. The summed E-state index contributed by atoms with van der Waals surface area (Å²) in [6.07, 6.45) is 1.56. The van der Waals surface area contributed by atoms with E-state index in [0.717, 1.165) is 5.56 Å². The van der Waals surface area contributed by atoms with Crippen molar-refractivity contribution in [1.29, 1.82) is 0 Å². The van der Waals surface area contributed by atoms with Gasteiger partial charge in [-0.2, -0.15) is 5.10 Å². The number of benzene rings is 1. The molecule has 0 bridgehead atoms. The molecule has 0 aliphatic carbocycles. The molecule has 7 nitrogen and oxygen atoms in total. The molecule has 0 aliphatic rings. The summed E-state index contributed by atoms with van der Waals surface area (Å²) in [5, 5.41) is 8.84. The zero-order valence-electron chi connectivity index (χ0n) is 11.6. The number of ether oxygens (including phenoxy) is 1. The number of nitrogens with one attached hydrogen (secondary N) is 3. The van der Waals surface area contributed by atoms with Crippen molar-refractivity contribution in [3.8, 4) is 5.75 Å². The summed E-state index contributed by atoms with van der Waals surface area (Å²) >= 11 is 0. The van der Waals surface area contributed by atoms with Crippen LogP contribution in [-0.4, -0.2) is 28.9 Å². The number of hydrogen-bond donors (Lipinski definition) is 3. The molecule has 2 rings (SSSR count). The van der Waals surface area contributed by atoms with E-state index in [9.17, 15) is 9.59 Å². The highest BCUT2D eigenvalue weighted by atomic mass is 16.5. The minimum atomic E-state index is -0.324. The first kappa shape index (κ1) is 14.6. The molecule has 1 aromatic carbocycles. The molecule has 0 saturated heterocycles. The van der Waals surface area contributed by atoms with Crippen LogP contribution in [0.2, 0.25) is 0 Å². The van der Waals surface area contributed by atoms with Crippen LogP contribution in [-0.2, 0) is 11.2 Å². The SMILES string of the molecule is CCOc1ccccc1/C=N\NC(=O)Cc1cc(=O)[nH][nH]1. The van der Waals surface area contributed by atoms with Gasteiger partial charge in [0.2, 0.25) is 5.91 Å². The fourth-order valence-electron chi connectivity index (χ4n) is 1.73. The van der Waals surface area contributed by atoms with E-state index >= 15 is 0 Å². The van der Waals surface area contributed by atoms with Crippen LogP contribution in [0.25, 0.3) is 0 Å². The Labute approximate surface area is 121 Å². The third-order valence-electron chi connectivity index (χ3n) is 2.61. The highest BCUT2D eigenvalue weighted by Gasteiger charge is 2.04. The third kappa shape index (κ3) is 4.34. The number of H-pyrrole nitrogens is 2. The molecule has 1 amide bonds. The van der Waals surface area contributed by atoms with Gasteiger partial charge in [0.15, 0.2) is 0 Å². The summed E-state index contributed by atoms with van der Waals surface area (Å²) in [6, 6.07) is 8.72. The molecule has 0 unspecified atom stereocenters. The van der Waals surface area contributed by atoms with E-state index in [0.29, 0.717) is 18.1 Å². The van der Waals surface area contributed by atoms with Gasteiger partial charge < -0.3 is 9.84 Å². The minimum Gasteiger partial charge on any atom is -0.493 e. The molecular formula is C14H16N4O3. The Bertz CT molecular complexity index is 687. The lowest BCUT2D eigenvalue weighted by Crippen LogP contribution is -2.20. The van der Waals surface area contributed by atoms with Crippen molar-refractivity contribution in [2.45, 2.75) is 13.3 Å². The van der Waals surface area contributed by atoms with E-state index in [4.69, 9.17) is 4.74 Å². The molecule has 0 atom stereocenters. The Kier molecular flexibility index (Phi) is 4.92. The van der Waals surface area contributed by atoms with Gasteiger partial charge in [-0.3, -0.25) is 14.7 Å². The number of hydrazone groups is 1. The van der Waals surface area contributed by atoms with E-state index in [1.807, 2.05) is 31.2 Å². The number of amides is 1. The molecule has 0 spiro atoms. The van der Waals surface area contributed by atoms with E-state index < -0.39 is 0 Å². The van der Waals surface area contributed by atoms with Gasteiger partial charge >= 0.3 is 0 Å². The van der Waals surface area contributed by atoms with Crippen LogP contribution in [0.1, 0.15) is 18.2 Å². The molecule has 0 radical (unpaired) electrons. The van der Waals surface area contributed by atoms with E-state index in [1.165, 1.54) is 12.3 Å². The van der Waals surface area contributed by atoms with Crippen molar-refractivity contribution in [3.63, 3.8) is 0 Å². The fourth-order valence-corrected chi connectivity index (χ4v) is 1.73. The van der Waals surface area contributed by atoms with Crippen molar-refractivity contribution in [3.05, 3.63) is 51.9 Å². The summed E-state index contributed by atoms with van der Waals surface area (Å²) in [6.45, 7) is 2.45. The van der Waals surface area contributed by atoms with Crippen LogP contribution >= 0.6 is 0 Å². The zero-order chi connectivity index (χ0) is 15.1. The van der Waals surface area contributed by atoms with Gasteiger partial charge in [-0.15, -0.1) is 0 Å². The van der Waals surface area contributed by atoms with Crippen LogP contribution < -0.4 is 15.7 Å². The second-order valence-corrected chi connectivity index (χ2v) is 4.22. The number of carbonyl (C=O) groups is 1.